The number of rotatable bonds is 3. The molecular weight excluding hydrogens is 307 g/mol. The van der Waals surface area contributed by atoms with Crippen LogP contribution in [0.1, 0.15) is 0 Å². The minimum atomic E-state index is 0.236. The van der Waals surface area contributed by atoms with Crippen molar-refractivity contribution in [2.24, 2.45) is 5.84 Å². The van der Waals surface area contributed by atoms with Crippen LogP contribution in [-0.4, -0.2) is 9.97 Å². The van der Waals surface area contributed by atoms with Crippen molar-refractivity contribution in [1.29, 1.82) is 0 Å². The van der Waals surface area contributed by atoms with Crippen molar-refractivity contribution >= 4 is 33.5 Å². The Morgan fingerprint density at radius 3 is 2.94 bits per heavy atom. The number of nitrogens with zero attached hydrogens (tertiary/aromatic N) is 2. The summed E-state index contributed by atoms with van der Waals surface area (Å²) in [6, 6.07) is 7.32. The van der Waals surface area contributed by atoms with E-state index < -0.39 is 0 Å². The van der Waals surface area contributed by atoms with Crippen molar-refractivity contribution in [3.05, 3.63) is 40.0 Å². The minimum Gasteiger partial charge on any atom is -0.437 e. The number of halogens is 2. The number of aromatic nitrogens is 2. The topological polar surface area (TPSA) is 73.1 Å². The highest BCUT2D eigenvalue weighted by atomic mass is 79.9. The Balaban J connectivity index is 2.29. The van der Waals surface area contributed by atoms with Gasteiger partial charge in [-0.1, -0.05) is 33.6 Å². The fourth-order valence-electron chi connectivity index (χ4n) is 1.13. The Labute approximate surface area is 111 Å². The van der Waals surface area contributed by atoms with Gasteiger partial charge in [-0.25, -0.2) is 10.8 Å². The molecule has 0 unspecified atom stereocenters. The molecule has 5 nitrogen and oxygen atoms in total. The molecule has 88 valence electrons. The molecule has 0 saturated carbocycles. The molecule has 7 heteroatoms. The predicted octanol–water partition coefficient (Wildman–Crippen LogP) is 2.97. The fourth-order valence-corrected chi connectivity index (χ4v) is 1.64. The van der Waals surface area contributed by atoms with E-state index in [-0.39, 0.29) is 11.8 Å². The smallest absolute Gasteiger partial charge is 0.243 e. The maximum absolute atomic E-state index is 5.91. The molecule has 0 amide bonds. The number of ether oxygens (including phenoxy) is 1. The molecule has 0 spiro atoms. The molecule has 0 bridgehead atoms. The second kappa shape index (κ2) is 5.31. The fraction of sp³-hybridized carbons (Fsp3) is 0. The van der Waals surface area contributed by atoms with Crippen molar-refractivity contribution in [3.63, 3.8) is 0 Å². The maximum Gasteiger partial charge on any atom is 0.243 e. The third kappa shape index (κ3) is 3.06. The first-order chi connectivity index (χ1) is 8.19. The van der Waals surface area contributed by atoms with Crippen molar-refractivity contribution in [2.45, 2.75) is 0 Å². The summed E-state index contributed by atoms with van der Waals surface area (Å²) >= 11 is 9.26. The summed E-state index contributed by atoms with van der Waals surface area (Å²) in [6.07, 6.45) is 1.41. The minimum absolute atomic E-state index is 0.236. The number of nitrogens with two attached hydrogens (primary N) is 1. The zero-order valence-corrected chi connectivity index (χ0v) is 10.9. The van der Waals surface area contributed by atoms with Crippen LogP contribution in [0.2, 0.25) is 5.02 Å². The van der Waals surface area contributed by atoms with Gasteiger partial charge >= 0.3 is 0 Å². The molecule has 0 radical (unpaired) electrons. The lowest BCUT2D eigenvalue weighted by molar-refractivity contribution is 0.462. The highest BCUT2D eigenvalue weighted by Crippen LogP contribution is 2.28. The number of benzene rings is 1. The van der Waals surface area contributed by atoms with E-state index in [1.54, 1.807) is 12.1 Å². The van der Waals surface area contributed by atoms with Crippen LogP contribution in [0.5, 0.6) is 11.6 Å². The van der Waals surface area contributed by atoms with E-state index in [4.69, 9.17) is 22.2 Å². The molecule has 1 aromatic carbocycles. The Morgan fingerprint density at radius 1 is 1.41 bits per heavy atom. The summed E-state index contributed by atoms with van der Waals surface area (Å²) < 4.78 is 6.42. The van der Waals surface area contributed by atoms with Gasteiger partial charge in [-0.15, -0.1) is 0 Å². The maximum atomic E-state index is 5.91. The quantitative estimate of drug-likeness (QED) is 0.673. The van der Waals surface area contributed by atoms with Gasteiger partial charge in [0.25, 0.3) is 0 Å². The van der Waals surface area contributed by atoms with E-state index >= 15 is 0 Å². The Kier molecular flexibility index (Phi) is 3.78. The summed E-state index contributed by atoms with van der Waals surface area (Å²) in [5, 5.41) is 0.309. The van der Waals surface area contributed by atoms with Crippen molar-refractivity contribution < 1.29 is 4.74 Å². The predicted molar refractivity (Wildman–Crippen MR) is 69.1 cm³/mol. The Bertz CT molecular complexity index is 537. The Hall–Kier alpha value is -1.37. The first-order valence-electron chi connectivity index (χ1n) is 4.61. The van der Waals surface area contributed by atoms with E-state index in [2.05, 4.69) is 31.3 Å². The number of hydrogen-bond acceptors (Lipinski definition) is 5. The third-order valence-electron chi connectivity index (χ3n) is 1.85. The monoisotopic (exact) mass is 314 g/mol. The van der Waals surface area contributed by atoms with Gasteiger partial charge in [-0.05, 0) is 18.2 Å². The lowest BCUT2D eigenvalue weighted by atomic mass is 10.3. The average molecular weight is 316 g/mol. The summed E-state index contributed by atoms with van der Waals surface area (Å²) in [5.74, 6) is 6.30. The lowest BCUT2D eigenvalue weighted by Gasteiger charge is -2.07. The number of hydrogen-bond donors (Lipinski definition) is 2. The Morgan fingerprint density at radius 2 is 2.24 bits per heavy atom. The zero-order chi connectivity index (χ0) is 12.3. The number of nitrogen functional groups attached to an aromatic ring is 1. The second-order valence-corrected chi connectivity index (χ2v) is 4.37. The zero-order valence-electron chi connectivity index (χ0n) is 8.52. The van der Waals surface area contributed by atoms with Gasteiger partial charge in [0.15, 0.2) is 0 Å². The molecule has 0 aliphatic heterocycles. The van der Waals surface area contributed by atoms with Gasteiger partial charge in [0, 0.05) is 4.47 Å². The first-order valence-corrected chi connectivity index (χ1v) is 5.78. The molecule has 3 N–H and O–H groups in total. The highest BCUT2D eigenvalue weighted by molar-refractivity contribution is 9.10. The molecule has 2 rings (SSSR count). The molecule has 0 aliphatic rings. The van der Waals surface area contributed by atoms with Crippen LogP contribution in [0, 0.1) is 0 Å². The lowest BCUT2D eigenvalue weighted by Crippen LogP contribution is -2.10. The van der Waals surface area contributed by atoms with Crippen LogP contribution >= 0.6 is 27.5 Å². The van der Waals surface area contributed by atoms with Gasteiger partial charge in [0.05, 0.1) is 6.20 Å². The highest BCUT2D eigenvalue weighted by Gasteiger charge is 2.07. The van der Waals surface area contributed by atoms with Gasteiger partial charge in [0.1, 0.15) is 10.8 Å². The van der Waals surface area contributed by atoms with Crippen LogP contribution in [0.4, 0.5) is 5.95 Å². The van der Waals surface area contributed by atoms with Crippen LogP contribution in [-0.2, 0) is 0 Å². The molecule has 17 heavy (non-hydrogen) atoms. The van der Waals surface area contributed by atoms with Gasteiger partial charge in [-0.3, -0.25) is 5.43 Å². The SMILES string of the molecule is NNc1ncc(Cl)c(Oc2cccc(Br)c2)n1. The van der Waals surface area contributed by atoms with E-state index in [9.17, 15) is 0 Å². The average Bonchev–Trinajstić information content (AvgIpc) is 2.32. The van der Waals surface area contributed by atoms with Crippen LogP contribution < -0.4 is 16.0 Å². The molecule has 2 aromatic rings. The van der Waals surface area contributed by atoms with E-state index in [1.807, 2.05) is 12.1 Å². The summed E-state index contributed by atoms with van der Waals surface area (Å²) in [6.45, 7) is 0. The van der Waals surface area contributed by atoms with E-state index in [0.29, 0.717) is 10.8 Å². The summed E-state index contributed by atoms with van der Waals surface area (Å²) in [4.78, 5) is 7.85. The molecular formula is C10H8BrClN4O. The largest absolute Gasteiger partial charge is 0.437 e. The molecule has 0 atom stereocenters. The summed E-state index contributed by atoms with van der Waals surface area (Å²) in [5.41, 5.74) is 2.32. The van der Waals surface area contributed by atoms with Crippen LogP contribution in [0.3, 0.4) is 0 Å². The molecule has 0 aliphatic carbocycles. The van der Waals surface area contributed by atoms with Crippen LogP contribution in [0.15, 0.2) is 34.9 Å². The first kappa shape index (κ1) is 12.1. The van der Waals surface area contributed by atoms with E-state index in [1.165, 1.54) is 6.20 Å². The summed E-state index contributed by atoms with van der Waals surface area (Å²) in [7, 11) is 0. The van der Waals surface area contributed by atoms with Crippen LogP contribution in [0.25, 0.3) is 0 Å². The van der Waals surface area contributed by atoms with Gasteiger partial charge in [0.2, 0.25) is 11.8 Å². The number of hydrazine groups is 1. The number of anilines is 1. The van der Waals surface area contributed by atoms with Crippen molar-refractivity contribution in [3.8, 4) is 11.6 Å². The second-order valence-electron chi connectivity index (χ2n) is 3.05. The van der Waals surface area contributed by atoms with Gasteiger partial charge in [-0.2, -0.15) is 4.98 Å². The normalized spacial score (nSPS) is 10.1. The third-order valence-corrected chi connectivity index (χ3v) is 2.60. The van der Waals surface area contributed by atoms with Crippen molar-refractivity contribution in [1.82, 2.24) is 9.97 Å². The standard InChI is InChI=1S/C10H8BrClN4O/c11-6-2-1-3-7(4-6)17-9-8(12)5-14-10(15-9)16-13/h1-5H,13H2,(H,14,15,16). The van der Waals surface area contributed by atoms with Crippen molar-refractivity contribution in [2.75, 3.05) is 5.43 Å². The van der Waals surface area contributed by atoms with Gasteiger partial charge < -0.3 is 4.74 Å². The number of nitrogens with one attached hydrogen (secondary N) is 1. The molecule has 1 heterocycles. The molecule has 1 aromatic heterocycles. The van der Waals surface area contributed by atoms with E-state index in [0.717, 1.165) is 4.47 Å². The molecule has 0 saturated heterocycles. The molecule has 0 fully saturated rings.